The van der Waals surface area contributed by atoms with Gasteiger partial charge in [0.05, 0.1) is 17.7 Å². The minimum Gasteiger partial charge on any atom is -0.497 e. The van der Waals surface area contributed by atoms with Gasteiger partial charge in [0.2, 0.25) is 11.8 Å². The van der Waals surface area contributed by atoms with Crippen LogP contribution in [-0.4, -0.2) is 51.4 Å². The van der Waals surface area contributed by atoms with Crippen LogP contribution in [0.3, 0.4) is 0 Å². The van der Waals surface area contributed by atoms with Crippen LogP contribution in [0.2, 0.25) is 0 Å². The highest BCUT2D eigenvalue weighted by Gasteiger charge is 2.33. The molecular formula is C36H41N3O6S. The van der Waals surface area contributed by atoms with Crippen molar-refractivity contribution in [1.29, 1.82) is 0 Å². The van der Waals surface area contributed by atoms with Crippen LogP contribution in [0.5, 0.6) is 17.2 Å². The number of para-hydroxylation sites is 1. The molecule has 0 saturated heterocycles. The molecule has 0 bridgehead atoms. The summed E-state index contributed by atoms with van der Waals surface area (Å²) in [6.07, 6.45) is 0.336. The molecular weight excluding hydrogens is 602 g/mol. The van der Waals surface area contributed by atoms with E-state index in [0.717, 1.165) is 9.87 Å². The minimum absolute atomic E-state index is 0.0378. The number of ether oxygens (including phenoxy) is 2. The highest BCUT2D eigenvalue weighted by Crippen LogP contribution is 2.29. The maximum atomic E-state index is 14.3. The summed E-state index contributed by atoms with van der Waals surface area (Å²) in [5.74, 6) is 1.20. The van der Waals surface area contributed by atoms with Crippen molar-refractivity contribution in [2.45, 2.75) is 44.7 Å². The van der Waals surface area contributed by atoms with Crippen LogP contribution in [0.15, 0.2) is 114 Å². The molecule has 1 atom stereocenters. The summed E-state index contributed by atoms with van der Waals surface area (Å²) in [5.41, 5.74) is 1.04. The Labute approximate surface area is 271 Å². The summed E-state index contributed by atoms with van der Waals surface area (Å²) < 4.78 is 40.4. The van der Waals surface area contributed by atoms with Crippen molar-refractivity contribution in [3.05, 3.63) is 115 Å². The lowest BCUT2D eigenvalue weighted by atomic mass is 10.1. The second-order valence-corrected chi connectivity index (χ2v) is 13.0. The predicted octanol–water partition coefficient (Wildman–Crippen LogP) is 6.26. The molecule has 0 aliphatic rings. The largest absolute Gasteiger partial charge is 0.497 e. The first-order valence-corrected chi connectivity index (χ1v) is 16.7. The Morgan fingerprint density at radius 1 is 0.783 bits per heavy atom. The molecule has 4 rings (SSSR count). The van der Waals surface area contributed by atoms with Gasteiger partial charge in [0, 0.05) is 13.1 Å². The van der Waals surface area contributed by atoms with Crippen LogP contribution in [-0.2, 0) is 26.2 Å². The molecule has 1 N–H and O–H groups in total. The smallest absolute Gasteiger partial charge is 0.264 e. The molecule has 46 heavy (non-hydrogen) atoms. The summed E-state index contributed by atoms with van der Waals surface area (Å²) in [4.78, 5) is 29.2. The van der Waals surface area contributed by atoms with Gasteiger partial charge < -0.3 is 19.7 Å². The molecule has 4 aromatic rings. The lowest BCUT2D eigenvalue weighted by Gasteiger charge is -2.33. The van der Waals surface area contributed by atoms with Crippen molar-refractivity contribution in [3.8, 4) is 17.2 Å². The molecule has 0 aromatic heterocycles. The van der Waals surface area contributed by atoms with Gasteiger partial charge in [-0.3, -0.25) is 13.9 Å². The number of carbonyl (C=O) groups is 2. The zero-order chi connectivity index (χ0) is 33.1. The van der Waals surface area contributed by atoms with Crippen LogP contribution >= 0.6 is 0 Å². The Balaban J connectivity index is 1.70. The number of nitrogens with one attached hydrogen (secondary N) is 1. The first-order valence-electron chi connectivity index (χ1n) is 15.2. The van der Waals surface area contributed by atoms with Gasteiger partial charge in [0.1, 0.15) is 29.8 Å². The number of anilines is 1. The number of rotatable bonds is 15. The fraction of sp³-hybridized carbons (Fsp3) is 0.278. The maximum absolute atomic E-state index is 14.3. The number of methoxy groups -OCH3 is 1. The van der Waals surface area contributed by atoms with Crippen LogP contribution in [0.4, 0.5) is 5.69 Å². The molecule has 9 nitrogen and oxygen atoms in total. The summed E-state index contributed by atoms with van der Waals surface area (Å²) in [5, 5.41) is 2.94. The number of benzene rings is 4. The second kappa shape index (κ2) is 15.9. The third-order valence-electron chi connectivity index (χ3n) is 7.30. The van der Waals surface area contributed by atoms with E-state index in [9.17, 15) is 18.0 Å². The van der Waals surface area contributed by atoms with E-state index in [-0.39, 0.29) is 29.0 Å². The molecule has 10 heteroatoms. The molecule has 0 radical (unpaired) electrons. The van der Waals surface area contributed by atoms with Crippen molar-refractivity contribution < 1.29 is 27.5 Å². The van der Waals surface area contributed by atoms with Crippen LogP contribution in [0, 0.1) is 5.92 Å². The van der Waals surface area contributed by atoms with Crippen molar-refractivity contribution in [2.75, 3.05) is 24.5 Å². The van der Waals surface area contributed by atoms with Gasteiger partial charge in [-0.1, -0.05) is 69.3 Å². The molecule has 0 saturated carbocycles. The third kappa shape index (κ3) is 8.88. The van der Waals surface area contributed by atoms with E-state index in [2.05, 4.69) is 5.32 Å². The molecule has 0 heterocycles. The number of amides is 2. The van der Waals surface area contributed by atoms with Crippen LogP contribution in [0.25, 0.3) is 0 Å². The van der Waals surface area contributed by atoms with Gasteiger partial charge in [0.15, 0.2) is 0 Å². The topological polar surface area (TPSA) is 105 Å². The highest BCUT2D eigenvalue weighted by molar-refractivity contribution is 7.92. The zero-order valence-corrected chi connectivity index (χ0v) is 27.4. The highest BCUT2D eigenvalue weighted by atomic mass is 32.2. The van der Waals surface area contributed by atoms with Gasteiger partial charge in [-0.15, -0.1) is 0 Å². The van der Waals surface area contributed by atoms with E-state index < -0.39 is 28.5 Å². The lowest BCUT2D eigenvalue weighted by molar-refractivity contribution is -0.140. The summed E-state index contributed by atoms with van der Waals surface area (Å²) in [6.45, 7) is 5.83. The van der Waals surface area contributed by atoms with Crippen molar-refractivity contribution in [1.82, 2.24) is 10.2 Å². The van der Waals surface area contributed by atoms with Gasteiger partial charge in [-0.05, 0) is 78.6 Å². The Morgan fingerprint density at radius 2 is 1.35 bits per heavy atom. The first-order chi connectivity index (χ1) is 22.1. The summed E-state index contributed by atoms with van der Waals surface area (Å²) in [7, 11) is -2.61. The third-order valence-corrected chi connectivity index (χ3v) is 9.08. The lowest BCUT2D eigenvalue weighted by Crippen LogP contribution is -2.52. The zero-order valence-electron chi connectivity index (χ0n) is 26.6. The van der Waals surface area contributed by atoms with E-state index in [1.54, 1.807) is 61.7 Å². The van der Waals surface area contributed by atoms with E-state index >= 15 is 0 Å². The number of carbonyl (C=O) groups excluding carboxylic acids is 2. The molecule has 242 valence electrons. The molecule has 2 amide bonds. The average Bonchev–Trinajstić information content (AvgIpc) is 3.07. The van der Waals surface area contributed by atoms with Crippen LogP contribution < -0.4 is 19.1 Å². The van der Waals surface area contributed by atoms with Gasteiger partial charge in [0.25, 0.3) is 10.0 Å². The second-order valence-electron chi connectivity index (χ2n) is 11.2. The quantitative estimate of drug-likeness (QED) is 0.164. The Hall–Kier alpha value is -4.83. The molecule has 0 aliphatic carbocycles. The molecule has 0 spiro atoms. The summed E-state index contributed by atoms with van der Waals surface area (Å²) in [6, 6.07) is 30.1. The SMILES string of the molecule is CC[C@@H](C(=O)NCC(C)C)N(Cc1ccc(OC)cc1)C(=O)CN(c1ccc(Oc2ccccc2)cc1)S(=O)(=O)c1ccccc1. The molecule has 0 unspecified atom stereocenters. The first kappa shape index (κ1) is 34.1. The van der Waals surface area contributed by atoms with Gasteiger partial charge in [-0.2, -0.15) is 0 Å². The van der Waals surface area contributed by atoms with E-state index in [1.165, 1.54) is 17.0 Å². The molecule has 4 aromatic carbocycles. The molecule has 0 fully saturated rings. The van der Waals surface area contributed by atoms with E-state index in [0.29, 0.717) is 30.2 Å². The van der Waals surface area contributed by atoms with E-state index in [1.807, 2.05) is 63.2 Å². The summed E-state index contributed by atoms with van der Waals surface area (Å²) >= 11 is 0. The average molecular weight is 644 g/mol. The Bertz CT molecular complexity index is 1660. The maximum Gasteiger partial charge on any atom is 0.264 e. The monoisotopic (exact) mass is 643 g/mol. The number of sulfonamides is 1. The fourth-order valence-corrected chi connectivity index (χ4v) is 6.26. The number of hydrogen-bond acceptors (Lipinski definition) is 6. The Kier molecular flexibility index (Phi) is 11.8. The van der Waals surface area contributed by atoms with Gasteiger partial charge >= 0.3 is 0 Å². The predicted molar refractivity (Wildman–Crippen MR) is 179 cm³/mol. The number of hydrogen-bond donors (Lipinski definition) is 1. The fourth-order valence-electron chi connectivity index (χ4n) is 4.82. The number of nitrogens with zero attached hydrogens (tertiary/aromatic N) is 2. The van der Waals surface area contributed by atoms with Crippen molar-refractivity contribution >= 4 is 27.5 Å². The van der Waals surface area contributed by atoms with Crippen molar-refractivity contribution in [2.24, 2.45) is 5.92 Å². The van der Waals surface area contributed by atoms with Gasteiger partial charge in [-0.25, -0.2) is 8.42 Å². The molecule has 0 aliphatic heterocycles. The normalized spacial score (nSPS) is 11.8. The van der Waals surface area contributed by atoms with E-state index in [4.69, 9.17) is 9.47 Å². The van der Waals surface area contributed by atoms with Crippen molar-refractivity contribution in [3.63, 3.8) is 0 Å². The minimum atomic E-state index is -4.18. The standard InChI is InChI=1S/C36H41N3O6S/c1-5-34(36(41)37-24-27(2)3)38(25-28-16-20-30(44-4)21-17-28)35(40)26-39(46(42,43)33-14-10-7-11-15-33)29-18-22-32(23-19-29)45-31-12-8-6-9-13-31/h6-23,27,34H,5,24-26H2,1-4H3,(H,37,41)/t34-/m0/s1. The Morgan fingerprint density at radius 3 is 1.91 bits per heavy atom. The van der Waals surface area contributed by atoms with Crippen LogP contribution in [0.1, 0.15) is 32.8 Å².